The molecule has 152 valence electrons. The highest BCUT2D eigenvalue weighted by molar-refractivity contribution is 5.38. The predicted molar refractivity (Wildman–Crippen MR) is 104 cm³/mol. The molecular weight excluding hydrogens is 352 g/mol. The maximum absolute atomic E-state index is 6.54. The minimum atomic E-state index is 0.364. The number of hydrogen-bond acceptors (Lipinski definition) is 5. The second-order valence-electron chi connectivity index (χ2n) is 10.3. The molecule has 2 bridgehead atoms. The summed E-state index contributed by atoms with van der Waals surface area (Å²) in [6.07, 6.45) is 10.5. The van der Waals surface area contributed by atoms with E-state index in [2.05, 4.69) is 22.0 Å². The zero-order valence-corrected chi connectivity index (χ0v) is 17.0. The molecule has 0 radical (unpaired) electrons. The lowest BCUT2D eigenvalue weighted by Crippen LogP contribution is -2.67. The summed E-state index contributed by atoms with van der Waals surface area (Å²) in [7, 11) is 3.57. The minimum Gasteiger partial charge on any atom is -0.493 e. The van der Waals surface area contributed by atoms with E-state index in [-0.39, 0.29) is 0 Å². The van der Waals surface area contributed by atoms with Gasteiger partial charge in [-0.05, 0) is 56.2 Å². The van der Waals surface area contributed by atoms with E-state index in [9.17, 15) is 0 Å². The number of piperidine rings is 2. The van der Waals surface area contributed by atoms with E-state index in [4.69, 9.17) is 14.2 Å². The Balaban J connectivity index is 1.42. The highest BCUT2D eigenvalue weighted by Crippen LogP contribution is 2.68. The van der Waals surface area contributed by atoms with E-state index >= 15 is 0 Å². The van der Waals surface area contributed by atoms with Crippen molar-refractivity contribution in [2.24, 2.45) is 29.1 Å². The highest BCUT2D eigenvalue weighted by atomic mass is 16.5. The lowest BCUT2D eigenvalue weighted by atomic mass is 9.51. The number of hydrogen-bond donors (Lipinski definition) is 0. The second-order valence-corrected chi connectivity index (χ2v) is 10.3. The van der Waals surface area contributed by atoms with Gasteiger partial charge in [0.2, 0.25) is 0 Å². The molecule has 7 aliphatic rings. The fourth-order valence-electron chi connectivity index (χ4n) is 9.09. The van der Waals surface area contributed by atoms with Crippen molar-refractivity contribution in [3.05, 3.63) is 23.7 Å². The van der Waals surface area contributed by atoms with Crippen LogP contribution >= 0.6 is 0 Å². The normalized spacial score (nSPS) is 53.8. The number of ether oxygens (including phenoxy) is 3. The summed E-state index contributed by atoms with van der Waals surface area (Å²) in [5.41, 5.74) is 0.364. The van der Waals surface area contributed by atoms with Crippen molar-refractivity contribution in [1.82, 2.24) is 9.80 Å². The molecule has 9 unspecified atom stereocenters. The molecule has 0 N–H and O–H groups in total. The Morgan fingerprint density at radius 1 is 1.11 bits per heavy atom. The van der Waals surface area contributed by atoms with Crippen molar-refractivity contribution in [1.29, 1.82) is 0 Å². The predicted octanol–water partition coefficient (Wildman–Crippen LogP) is 2.25. The summed E-state index contributed by atoms with van der Waals surface area (Å²) >= 11 is 0. The van der Waals surface area contributed by atoms with Gasteiger partial charge in [0.05, 0.1) is 20.3 Å². The van der Waals surface area contributed by atoms with Crippen molar-refractivity contribution in [2.45, 2.75) is 49.9 Å². The van der Waals surface area contributed by atoms with Crippen LogP contribution in [0.2, 0.25) is 0 Å². The van der Waals surface area contributed by atoms with Gasteiger partial charge in [0, 0.05) is 55.1 Å². The van der Waals surface area contributed by atoms with Gasteiger partial charge in [-0.1, -0.05) is 0 Å². The Morgan fingerprint density at radius 3 is 2.82 bits per heavy atom. The maximum atomic E-state index is 6.54. The molecule has 5 nitrogen and oxygen atoms in total. The SMILES string of the molecule is COC1=CC2C(C=C1OC)C13CCN4CC5CCOC6CCN2C1C6C5CC43. The molecule has 0 aromatic carbocycles. The Kier molecular flexibility index (Phi) is 3.32. The Morgan fingerprint density at radius 2 is 1.96 bits per heavy atom. The first-order chi connectivity index (χ1) is 13.8. The topological polar surface area (TPSA) is 34.2 Å². The van der Waals surface area contributed by atoms with Crippen molar-refractivity contribution in [3.8, 4) is 0 Å². The first-order valence-electron chi connectivity index (χ1n) is 11.4. The van der Waals surface area contributed by atoms with Gasteiger partial charge in [-0.15, -0.1) is 0 Å². The molecule has 9 atom stereocenters. The largest absolute Gasteiger partial charge is 0.493 e. The number of fused-ring (bicyclic) bond motifs is 2. The lowest BCUT2D eigenvalue weighted by Gasteiger charge is -2.60. The quantitative estimate of drug-likeness (QED) is 0.730. The summed E-state index contributed by atoms with van der Waals surface area (Å²) in [4.78, 5) is 5.76. The molecule has 0 aromatic rings. The molecule has 5 aliphatic heterocycles. The third-order valence-electron chi connectivity index (χ3n) is 9.86. The fourth-order valence-corrected chi connectivity index (χ4v) is 9.09. The van der Waals surface area contributed by atoms with Crippen molar-refractivity contribution in [2.75, 3.05) is 40.5 Å². The van der Waals surface area contributed by atoms with Crippen LogP contribution in [-0.4, -0.2) is 74.5 Å². The lowest BCUT2D eigenvalue weighted by molar-refractivity contribution is -0.136. The van der Waals surface area contributed by atoms with E-state index in [0.717, 1.165) is 41.9 Å². The van der Waals surface area contributed by atoms with Gasteiger partial charge >= 0.3 is 0 Å². The summed E-state index contributed by atoms with van der Waals surface area (Å²) in [5, 5.41) is 0. The smallest absolute Gasteiger partial charge is 0.158 e. The minimum absolute atomic E-state index is 0.364. The first-order valence-corrected chi connectivity index (χ1v) is 11.4. The molecule has 0 amide bonds. The second kappa shape index (κ2) is 5.55. The van der Waals surface area contributed by atoms with Crippen molar-refractivity contribution >= 4 is 0 Å². The van der Waals surface area contributed by atoms with Gasteiger partial charge in [0.15, 0.2) is 11.5 Å². The molecule has 5 heterocycles. The van der Waals surface area contributed by atoms with Crippen LogP contribution < -0.4 is 0 Å². The van der Waals surface area contributed by atoms with E-state index in [1.165, 1.54) is 45.3 Å². The van der Waals surface area contributed by atoms with Crippen LogP contribution in [0.5, 0.6) is 0 Å². The van der Waals surface area contributed by atoms with Gasteiger partial charge in [-0.2, -0.15) is 0 Å². The van der Waals surface area contributed by atoms with Crippen LogP contribution in [-0.2, 0) is 14.2 Å². The van der Waals surface area contributed by atoms with Crippen LogP contribution in [0, 0.1) is 29.1 Å². The zero-order chi connectivity index (χ0) is 18.6. The summed E-state index contributed by atoms with van der Waals surface area (Å²) in [6.45, 7) is 4.75. The fraction of sp³-hybridized carbons (Fsp3) is 0.826. The van der Waals surface area contributed by atoms with E-state index < -0.39 is 0 Å². The van der Waals surface area contributed by atoms with Gasteiger partial charge in [-0.25, -0.2) is 0 Å². The summed E-state index contributed by atoms with van der Waals surface area (Å²) < 4.78 is 18.0. The zero-order valence-electron chi connectivity index (χ0n) is 17.0. The highest BCUT2D eigenvalue weighted by Gasteiger charge is 2.73. The molecule has 6 fully saturated rings. The molecule has 0 aromatic heterocycles. The maximum Gasteiger partial charge on any atom is 0.158 e. The van der Waals surface area contributed by atoms with E-state index in [1.54, 1.807) is 14.2 Å². The van der Waals surface area contributed by atoms with Crippen molar-refractivity contribution in [3.63, 3.8) is 0 Å². The Hall–Kier alpha value is -1.04. The summed E-state index contributed by atoms with van der Waals surface area (Å²) in [5.74, 6) is 4.85. The van der Waals surface area contributed by atoms with Crippen LogP contribution in [0.1, 0.15) is 25.7 Å². The number of rotatable bonds is 2. The first kappa shape index (κ1) is 16.7. The van der Waals surface area contributed by atoms with Crippen LogP contribution in [0.15, 0.2) is 23.7 Å². The van der Waals surface area contributed by atoms with E-state index in [1.807, 2.05) is 0 Å². The molecule has 5 saturated heterocycles. The number of nitrogens with zero attached hydrogens (tertiary/aromatic N) is 2. The standard InChI is InChI=1S/C23H32N2O3/c1-26-18-10-15-16(11-19(18)27-2)25-6-3-17-21-14-9-20-23(15,22(21)25)5-7-24(20)12-13(14)4-8-28-17/h10-11,13-17,20-22H,3-9,12H2,1-2H3. The van der Waals surface area contributed by atoms with Gasteiger partial charge in [0.25, 0.3) is 0 Å². The number of methoxy groups -OCH3 is 2. The van der Waals surface area contributed by atoms with Crippen LogP contribution in [0.4, 0.5) is 0 Å². The molecular formula is C23H32N2O3. The molecule has 7 rings (SSSR count). The van der Waals surface area contributed by atoms with Gasteiger partial charge in [-0.3, -0.25) is 9.80 Å². The molecule has 1 saturated carbocycles. The van der Waals surface area contributed by atoms with E-state index in [0.29, 0.717) is 29.5 Å². The average molecular weight is 385 g/mol. The molecule has 28 heavy (non-hydrogen) atoms. The van der Waals surface area contributed by atoms with Crippen LogP contribution in [0.25, 0.3) is 0 Å². The molecule has 5 heteroatoms. The molecule has 2 aliphatic carbocycles. The van der Waals surface area contributed by atoms with Crippen LogP contribution in [0.3, 0.4) is 0 Å². The summed E-state index contributed by atoms with van der Waals surface area (Å²) in [6, 6.07) is 1.87. The van der Waals surface area contributed by atoms with Gasteiger partial charge in [0.1, 0.15) is 0 Å². The Bertz CT molecular complexity index is 765. The Labute approximate surface area is 167 Å². The third-order valence-corrected chi connectivity index (χ3v) is 9.86. The monoisotopic (exact) mass is 384 g/mol. The third kappa shape index (κ3) is 1.77. The average Bonchev–Trinajstić information content (AvgIpc) is 3.18. The van der Waals surface area contributed by atoms with Crippen molar-refractivity contribution < 1.29 is 14.2 Å². The molecule has 1 spiro atoms. The van der Waals surface area contributed by atoms with Gasteiger partial charge < -0.3 is 14.2 Å².